The molecule has 0 atom stereocenters. The van der Waals surface area contributed by atoms with Gasteiger partial charge in [0.15, 0.2) is 6.61 Å². The Morgan fingerprint density at radius 3 is 2.48 bits per heavy atom. The predicted octanol–water partition coefficient (Wildman–Crippen LogP) is 3.39. The molecule has 0 N–H and O–H groups in total. The molecule has 3 rings (SSSR count). The number of carbonyl (C=O) groups is 2. The van der Waals surface area contributed by atoms with E-state index in [-0.39, 0.29) is 5.57 Å². The highest BCUT2D eigenvalue weighted by atomic mass is 32.2. The fourth-order valence-corrected chi connectivity index (χ4v) is 3.57. The Hall–Kier alpha value is -3.04. The monoisotopic (exact) mass is 350 g/mol. The number of ether oxygens (including phenoxy) is 1. The Morgan fingerprint density at radius 2 is 1.80 bits per heavy atom. The van der Waals surface area contributed by atoms with Gasteiger partial charge < -0.3 is 9.64 Å². The van der Waals surface area contributed by atoms with Crippen molar-refractivity contribution in [1.29, 1.82) is 5.26 Å². The van der Waals surface area contributed by atoms with Gasteiger partial charge in [-0.2, -0.15) is 5.26 Å². The molecule has 25 heavy (non-hydrogen) atoms. The molecular formula is C19H14N2O3S. The van der Waals surface area contributed by atoms with Crippen LogP contribution in [0.3, 0.4) is 0 Å². The van der Waals surface area contributed by atoms with E-state index < -0.39 is 18.4 Å². The number of anilines is 1. The number of hydrogen-bond acceptors (Lipinski definition) is 6. The molecule has 0 saturated heterocycles. The van der Waals surface area contributed by atoms with Crippen LogP contribution in [0.5, 0.6) is 0 Å². The van der Waals surface area contributed by atoms with E-state index in [9.17, 15) is 14.9 Å². The average molecular weight is 350 g/mol. The van der Waals surface area contributed by atoms with E-state index in [1.807, 2.05) is 30.3 Å². The maximum absolute atomic E-state index is 12.4. The second-order valence-corrected chi connectivity index (χ2v) is 6.32. The van der Waals surface area contributed by atoms with E-state index in [0.29, 0.717) is 10.6 Å². The van der Waals surface area contributed by atoms with Crippen LogP contribution >= 0.6 is 11.8 Å². The van der Waals surface area contributed by atoms with Crippen LogP contribution < -0.4 is 4.90 Å². The fourth-order valence-electron chi connectivity index (χ4n) is 2.41. The first kappa shape index (κ1) is 16.8. The third kappa shape index (κ3) is 3.42. The molecule has 0 aliphatic carbocycles. The van der Waals surface area contributed by atoms with Crippen molar-refractivity contribution in [2.45, 2.75) is 4.90 Å². The molecule has 6 heteroatoms. The number of thioether (sulfide) groups is 1. The quantitative estimate of drug-likeness (QED) is 0.478. The Morgan fingerprint density at radius 1 is 1.12 bits per heavy atom. The third-order valence-corrected chi connectivity index (χ3v) is 4.92. The number of rotatable bonds is 4. The second kappa shape index (κ2) is 7.24. The molecule has 0 spiro atoms. The Labute approximate surface area is 149 Å². The number of nitriles is 1. The molecule has 2 aromatic rings. The van der Waals surface area contributed by atoms with Crippen molar-refractivity contribution in [3.63, 3.8) is 0 Å². The minimum absolute atomic E-state index is 0.00967. The summed E-state index contributed by atoms with van der Waals surface area (Å²) in [5, 5.41) is 9.97. The van der Waals surface area contributed by atoms with Crippen LogP contribution in [-0.2, 0) is 9.53 Å². The zero-order valence-corrected chi connectivity index (χ0v) is 14.2. The van der Waals surface area contributed by atoms with E-state index in [1.165, 1.54) is 11.8 Å². The molecule has 0 aromatic heterocycles. The summed E-state index contributed by atoms with van der Waals surface area (Å²) in [6, 6.07) is 18.0. The first-order valence-electron chi connectivity index (χ1n) is 7.52. The lowest BCUT2D eigenvalue weighted by molar-refractivity contribution is -0.118. The maximum atomic E-state index is 12.4. The molecule has 0 bridgehead atoms. The van der Waals surface area contributed by atoms with Gasteiger partial charge in [-0.05, 0) is 24.3 Å². The molecule has 0 fully saturated rings. The summed E-state index contributed by atoms with van der Waals surface area (Å²) in [5.41, 5.74) is 1.29. The summed E-state index contributed by atoms with van der Waals surface area (Å²) in [5.74, 6) is -1.11. The van der Waals surface area contributed by atoms with E-state index in [1.54, 1.807) is 42.3 Å². The van der Waals surface area contributed by atoms with Crippen LogP contribution in [0.15, 0.2) is 70.1 Å². The van der Waals surface area contributed by atoms with Crippen molar-refractivity contribution in [3.05, 3.63) is 70.8 Å². The van der Waals surface area contributed by atoms with Crippen LogP contribution in [0.25, 0.3) is 0 Å². The minimum Gasteiger partial charge on any atom is -0.454 e. The third-order valence-electron chi connectivity index (χ3n) is 3.69. The van der Waals surface area contributed by atoms with Gasteiger partial charge >= 0.3 is 5.97 Å². The number of para-hydroxylation sites is 1. The molecule has 1 heterocycles. The summed E-state index contributed by atoms with van der Waals surface area (Å²) in [6.45, 7) is -0.467. The van der Waals surface area contributed by atoms with E-state index >= 15 is 0 Å². The number of carbonyl (C=O) groups excluding carboxylic acids is 2. The Bertz CT molecular complexity index is 900. The zero-order chi connectivity index (χ0) is 17.8. The summed E-state index contributed by atoms with van der Waals surface area (Å²) in [4.78, 5) is 27.1. The van der Waals surface area contributed by atoms with Crippen molar-refractivity contribution < 1.29 is 14.3 Å². The SMILES string of the molecule is CN1/C(=C(\C#N)C(=O)COC(=O)c2ccccc2)Sc2ccccc21. The molecule has 0 amide bonds. The number of esters is 1. The highest BCUT2D eigenvalue weighted by Gasteiger charge is 2.28. The molecule has 5 nitrogen and oxygen atoms in total. The van der Waals surface area contributed by atoms with Gasteiger partial charge in [0.1, 0.15) is 16.7 Å². The van der Waals surface area contributed by atoms with Crippen LogP contribution in [-0.4, -0.2) is 25.4 Å². The van der Waals surface area contributed by atoms with Gasteiger partial charge in [0.2, 0.25) is 5.78 Å². The number of hydrogen-bond donors (Lipinski definition) is 0. The minimum atomic E-state index is -0.591. The van der Waals surface area contributed by atoms with Crippen LogP contribution in [0, 0.1) is 11.3 Å². The van der Waals surface area contributed by atoms with Gasteiger partial charge in [-0.1, -0.05) is 42.1 Å². The average Bonchev–Trinajstić information content (AvgIpc) is 2.98. The molecule has 0 saturated carbocycles. The molecule has 1 aliphatic heterocycles. The van der Waals surface area contributed by atoms with Gasteiger partial charge in [-0.25, -0.2) is 4.79 Å². The van der Waals surface area contributed by atoms with Crippen molar-refractivity contribution in [2.24, 2.45) is 0 Å². The molecule has 0 radical (unpaired) electrons. The first-order valence-corrected chi connectivity index (χ1v) is 8.34. The van der Waals surface area contributed by atoms with Gasteiger partial charge in [-0.3, -0.25) is 4.79 Å². The van der Waals surface area contributed by atoms with Crippen molar-refractivity contribution >= 4 is 29.2 Å². The zero-order valence-electron chi connectivity index (χ0n) is 13.4. The molecule has 124 valence electrons. The Balaban J connectivity index is 1.75. The first-order chi connectivity index (χ1) is 12.1. The van der Waals surface area contributed by atoms with Gasteiger partial charge in [0.25, 0.3) is 0 Å². The summed E-state index contributed by atoms with van der Waals surface area (Å²) in [6.07, 6.45) is 0. The standard InChI is InChI=1S/C19H14N2O3S/c1-21-15-9-5-6-10-17(15)25-18(21)14(11-20)16(22)12-24-19(23)13-7-3-2-4-8-13/h2-10H,12H2,1H3/b18-14-. The number of nitrogens with zero attached hydrogens (tertiary/aromatic N) is 2. The second-order valence-electron chi connectivity index (χ2n) is 5.29. The van der Waals surface area contributed by atoms with Crippen LogP contribution in [0.4, 0.5) is 5.69 Å². The van der Waals surface area contributed by atoms with E-state index in [2.05, 4.69) is 0 Å². The summed E-state index contributed by atoms with van der Waals surface area (Å²) < 4.78 is 5.04. The molecule has 1 aliphatic rings. The lowest BCUT2D eigenvalue weighted by atomic mass is 10.2. The predicted molar refractivity (Wildman–Crippen MR) is 95.1 cm³/mol. The molecule has 0 unspecified atom stereocenters. The smallest absolute Gasteiger partial charge is 0.338 e. The summed E-state index contributed by atoms with van der Waals surface area (Å²) >= 11 is 1.36. The van der Waals surface area contributed by atoms with Crippen molar-refractivity contribution in [1.82, 2.24) is 0 Å². The lowest BCUT2D eigenvalue weighted by Gasteiger charge is -2.14. The lowest BCUT2D eigenvalue weighted by Crippen LogP contribution is -2.20. The molecule has 2 aromatic carbocycles. The molecular weight excluding hydrogens is 336 g/mol. The van der Waals surface area contributed by atoms with Gasteiger partial charge in [0, 0.05) is 11.9 Å². The maximum Gasteiger partial charge on any atom is 0.338 e. The van der Waals surface area contributed by atoms with Crippen molar-refractivity contribution in [2.75, 3.05) is 18.6 Å². The van der Waals surface area contributed by atoms with Crippen LogP contribution in [0.2, 0.25) is 0 Å². The van der Waals surface area contributed by atoms with E-state index in [0.717, 1.165) is 10.6 Å². The van der Waals surface area contributed by atoms with Crippen molar-refractivity contribution in [3.8, 4) is 6.07 Å². The largest absolute Gasteiger partial charge is 0.454 e. The van der Waals surface area contributed by atoms with Gasteiger partial charge in [0.05, 0.1) is 11.3 Å². The van der Waals surface area contributed by atoms with Crippen LogP contribution in [0.1, 0.15) is 10.4 Å². The topological polar surface area (TPSA) is 70.4 Å². The summed E-state index contributed by atoms with van der Waals surface area (Å²) in [7, 11) is 1.80. The number of benzene rings is 2. The van der Waals surface area contributed by atoms with Gasteiger partial charge in [-0.15, -0.1) is 0 Å². The number of ketones is 1. The normalized spacial score (nSPS) is 14.5. The number of fused-ring (bicyclic) bond motifs is 1. The highest BCUT2D eigenvalue weighted by Crippen LogP contribution is 2.46. The fraction of sp³-hybridized carbons (Fsp3) is 0.105. The Kier molecular flexibility index (Phi) is 4.87. The highest BCUT2D eigenvalue weighted by molar-refractivity contribution is 8.03. The van der Waals surface area contributed by atoms with E-state index in [4.69, 9.17) is 4.74 Å². The number of Topliss-reactive ketones (excluding diaryl/α,β-unsaturated/α-hetero) is 1.